The van der Waals surface area contributed by atoms with Crippen LogP contribution >= 0.6 is 23.4 Å². The topological polar surface area (TPSA) is 34.9 Å². The highest BCUT2D eigenvalue weighted by Crippen LogP contribution is 2.27. The van der Waals surface area contributed by atoms with E-state index < -0.39 is 0 Å². The van der Waals surface area contributed by atoms with E-state index >= 15 is 0 Å². The van der Waals surface area contributed by atoms with Crippen molar-refractivity contribution in [1.82, 2.24) is 9.78 Å². The van der Waals surface area contributed by atoms with Crippen LogP contribution in [0.2, 0.25) is 5.02 Å². The Morgan fingerprint density at radius 3 is 2.30 bits per heavy atom. The van der Waals surface area contributed by atoms with Gasteiger partial charge >= 0.3 is 0 Å². The van der Waals surface area contributed by atoms with E-state index in [2.05, 4.69) is 36.3 Å². The molecule has 0 saturated heterocycles. The van der Waals surface area contributed by atoms with Gasteiger partial charge in [0.25, 0.3) is 5.56 Å². The van der Waals surface area contributed by atoms with E-state index in [1.165, 1.54) is 47.9 Å². The molecule has 0 aliphatic heterocycles. The maximum atomic E-state index is 12.4. The van der Waals surface area contributed by atoms with Crippen molar-refractivity contribution in [2.75, 3.05) is 0 Å². The third-order valence-corrected chi connectivity index (χ3v) is 6.08. The van der Waals surface area contributed by atoms with Gasteiger partial charge < -0.3 is 0 Å². The van der Waals surface area contributed by atoms with Crippen molar-refractivity contribution in [3.8, 4) is 0 Å². The lowest BCUT2D eigenvalue weighted by atomic mass is 10.0. The fourth-order valence-electron chi connectivity index (χ4n) is 2.89. The van der Waals surface area contributed by atoms with E-state index in [1.807, 2.05) is 20.8 Å². The van der Waals surface area contributed by atoms with E-state index in [9.17, 15) is 4.79 Å². The summed E-state index contributed by atoms with van der Waals surface area (Å²) in [5.41, 5.74) is 2.02. The fraction of sp³-hybridized carbons (Fsp3) is 0.545. The normalized spacial score (nSPS) is 11.7. The molecule has 0 N–H and O–H groups in total. The van der Waals surface area contributed by atoms with E-state index in [1.54, 1.807) is 18.0 Å². The van der Waals surface area contributed by atoms with Crippen LogP contribution < -0.4 is 5.56 Å². The van der Waals surface area contributed by atoms with Crippen LogP contribution in [0.15, 0.2) is 40.2 Å². The van der Waals surface area contributed by atoms with Gasteiger partial charge in [0, 0.05) is 5.75 Å². The second-order valence-corrected chi connectivity index (χ2v) is 9.38. The molecule has 2 aromatic rings. The third kappa shape index (κ3) is 6.69. The Hall–Kier alpha value is -1.26. The first kappa shape index (κ1) is 22.0. The highest BCUT2D eigenvalue weighted by molar-refractivity contribution is 7.98. The summed E-state index contributed by atoms with van der Waals surface area (Å²) in [6, 6.07) is 8.78. The Kier molecular flexibility index (Phi) is 8.43. The molecule has 1 heterocycles. The third-order valence-electron chi connectivity index (χ3n) is 4.51. The second-order valence-electron chi connectivity index (χ2n) is 7.98. The molecule has 0 aliphatic rings. The van der Waals surface area contributed by atoms with Crippen molar-refractivity contribution >= 4 is 23.4 Å². The van der Waals surface area contributed by atoms with Crippen LogP contribution in [0.3, 0.4) is 0 Å². The van der Waals surface area contributed by atoms with Crippen LogP contribution in [0.1, 0.15) is 70.9 Å². The van der Waals surface area contributed by atoms with Crippen LogP contribution in [0.25, 0.3) is 0 Å². The Bertz CT molecular complexity index is 778. The molecular weight excluding hydrogens is 376 g/mol. The van der Waals surface area contributed by atoms with Gasteiger partial charge in [-0.2, -0.15) is 5.10 Å². The molecule has 0 atom stereocenters. The van der Waals surface area contributed by atoms with Crippen LogP contribution in [0.5, 0.6) is 0 Å². The Balaban J connectivity index is 1.91. The van der Waals surface area contributed by atoms with Gasteiger partial charge in [0.1, 0.15) is 5.02 Å². The number of halogens is 1. The van der Waals surface area contributed by atoms with Gasteiger partial charge in [0.15, 0.2) is 0 Å². The van der Waals surface area contributed by atoms with Crippen LogP contribution in [-0.4, -0.2) is 9.78 Å². The molecular formula is C22H31ClN2OS. The molecule has 0 spiro atoms. The number of rotatable bonds is 9. The zero-order valence-electron chi connectivity index (χ0n) is 16.9. The summed E-state index contributed by atoms with van der Waals surface area (Å²) >= 11 is 7.85. The minimum absolute atomic E-state index is 0.229. The highest BCUT2D eigenvalue weighted by Gasteiger charge is 2.19. The van der Waals surface area contributed by atoms with Crippen LogP contribution in [0.4, 0.5) is 0 Å². The Labute approximate surface area is 172 Å². The number of nitrogens with zero attached hydrogens (tertiary/aromatic N) is 2. The summed E-state index contributed by atoms with van der Waals surface area (Å²) in [4.78, 5) is 13.2. The minimum Gasteiger partial charge on any atom is -0.266 e. The van der Waals surface area contributed by atoms with E-state index in [4.69, 9.17) is 11.6 Å². The molecule has 0 unspecified atom stereocenters. The van der Waals surface area contributed by atoms with Crippen LogP contribution in [-0.2, 0) is 17.7 Å². The zero-order valence-corrected chi connectivity index (χ0v) is 18.5. The molecule has 27 heavy (non-hydrogen) atoms. The average molecular weight is 407 g/mol. The number of aromatic nitrogens is 2. The van der Waals surface area contributed by atoms with Crippen molar-refractivity contribution in [1.29, 1.82) is 0 Å². The van der Waals surface area contributed by atoms with Gasteiger partial charge in [0.2, 0.25) is 0 Å². The molecule has 0 saturated carbocycles. The fourth-order valence-corrected chi connectivity index (χ4v) is 4.03. The molecule has 1 aromatic carbocycles. The first-order valence-electron chi connectivity index (χ1n) is 9.82. The smallest absolute Gasteiger partial charge is 0.266 e. The number of aryl methyl sites for hydroxylation is 1. The number of hydrogen-bond donors (Lipinski definition) is 0. The maximum absolute atomic E-state index is 12.4. The lowest BCUT2D eigenvalue weighted by Gasteiger charge is -2.21. The molecule has 148 valence electrons. The SMILES string of the molecule is CCCCCCCc1ccc(CSc2cnn(C(C)(C)C)c(=O)c2Cl)cc1. The van der Waals surface area contributed by atoms with Crippen molar-refractivity contribution in [3.63, 3.8) is 0 Å². The first-order valence-corrected chi connectivity index (χ1v) is 11.2. The van der Waals surface area contributed by atoms with Gasteiger partial charge in [0.05, 0.1) is 16.6 Å². The van der Waals surface area contributed by atoms with E-state index in [0.29, 0.717) is 0 Å². The maximum Gasteiger partial charge on any atom is 0.287 e. The Morgan fingerprint density at radius 1 is 1.04 bits per heavy atom. The first-order chi connectivity index (χ1) is 12.8. The molecule has 0 aliphatic carbocycles. The number of hydrogen-bond acceptors (Lipinski definition) is 3. The minimum atomic E-state index is -0.379. The summed E-state index contributed by atoms with van der Waals surface area (Å²) in [5, 5.41) is 4.55. The van der Waals surface area contributed by atoms with Crippen molar-refractivity contribution in [2.45, 2.75) is 82.4 Å². The molecule has 0 amide bonds. The zero-order chi connectivity index (χ0) is 19.9. The number of thioether (sulfide) groups is 1. The van der Waals surface area contributed by atoms with Crippen molar-refractivity contribution in [3.05, 3.63) is 57.0 Å². The largest absolute Gasteiger partial charge is 0.287 e. The standard InChI is InChI=1S/C22H31ClN2OS/c1-5-6-7-8-9-10-17-11-13-18(14-12-17)16-27-19-15-24-25(22(2,3)4)21(26)20(19)23/h11-15H,5-10,16H2,1-4H3. The van der Waals surface area contributed by atoms with Gasteiger partial charge in [-0.05, 0) is 44.7 Å². The highest BCUT2D eigenvalue weighted by atomic mass is 35.5. The van der Waals surface area contributed by atoms with Crippen molar-refractivity contribution < 1.29 is 0 Å². The molecule has 5 heteroatoms. The molecule has 1 aromatic heterocycles. The lowest BCUT2D eigenvalue weighted by Crippen LogP contribution is -2.36. The van der Waals surface area contributed by atoms with Crippen LogP contribution in [0, 0.1) is 0 Å². The quantitative estimate of drug-likeness (QED) is 0.354. The van der Waals surface area contributed by atoms with Crippen molar-refractivity contribution in [2.24, 2.45) is 0 Å². The molecule has 0 radical (unpaired) electrons. The number of benzene rings is 1. The summed E-state index contributed by atoms with van der Waals surface area (Å²) in [6.45, 7) is 8.07. The second kappa shape index (κ2) is 10.3. The summed E-state index contributed by atoms with van der Waals surface area (Å²) < 4.78 is 1.44. The Morgan fingerprint density at radius 2 is 1.67 bits per heavy atom. The lowest BCUT2D eigenvalue weighted by molar-refractivity contribution is 0.336. The summed E-state index contributed by atoms with van der Waals surface area (Å²) in [6.07, 6.45) is 9.40. The summed E-state index contributed by atoms with van der Waals surface area (Å²) in [5.74, 6) is 0.775. The van der Waals surface area contributed by atoms with E-state index in [-0.39, 0.29) is 16.1 Å². The summed E-state index contributed by atoms with van der Waals surface area (Å²) in [7, 11) is 0. The predicted octanol–water partition coefficient (Wildman–Crippen LogP) is 6.46. The average Bonchev–Trinajstić information content (AvgIpc) is 2.63. The van der Waals surface area contributed by atoms with Gasteiger partial charge in [-0.1, -0.05) is 68.5 Å². The number of unbranched alkanes of at least 4 members (excludes halogenated alkanes) is 4. The van der Waals surface area contributed by atoms with Gasteiger partial charge in [-0.25, -0.2) is 4.68 Å². The molecule has 2 rings (SSSR count). The molecule has 3 nitrogen and oxygen atoms in total. The predicted molar refractivity (Wildman–Crippen MR) is 117 cm³/mol. The molecule has 0 bridgehead atoms. The monoisotopic (exact) mass is 406 g/mol. The molecule has 0 fully saturated rings. The van der Waals surface area contributed by atoms with E-state index in [0.717, 1.165) is 17.1 Å². The van der Waals surface area contributed by atoms with Gasteiger partial charge in [-0.15, -0.1) is 11.8 Å². The van der Waals surface area contributed by atoms with Gasteiger partial charge in [-0.3, -0.25) is 4.79 Å².